The molecule has 10 heteroatoms. The van der Waals surface area contributed by atoms with Gasteiger partial charge in [-0.15, -0.1) is 15.0 Å². The van der Waals surface area contributed by atoms with Gasteiger partial charge >= 0.3 is 12.1 Å². The van der Waals surface area contributed by atoms with Crippen LogP contribution in [0.25, 0.3) is 16.7 Å². The molecule has 1 aromatic heterocycles. The van der Waals surface area contributed by atoms with Gasteiger partial charge in [-0.3, -0.25) is 0 Å². The van der Waals surface area contributed by atoms with Gasteiger partial charge in [-0.05, 0) is 62.1 Å². The number of nitrogens with zero attached hydrogens (tertiary/aromatic N) is 3. The lowest BCUT2D eigenvalue weighted by Gasteiger charge is -2.11. The van der Waals surface area contributed by atoms with E-state index in [0.717, 1.165) is 22.5 Å². The number of hydrogen-bond acceptors (Lipinski definition) is 5. The standard InChI is InChI=1S/C21H20F3N3O4/c1-12(20(29)30)5-3-4-6-13-9-17(19(28)18(10-13)31-2)27-25-15-8-7-14(21(22,23)24)11-16(15)26-27/h5,7-11,28H,3-4,6H2,1-2H3,(H,29,30)/b12-5+. The molecule has 1 heterocycles. The van der Waals surface area contributed by atoms with Crippen LogP contribution in [-0.2, 0) is 17.4 Å². The summed E-state index contributed by atoms with van der Waals surface area (Å²) >= 11 is 0. The number of ether oxygens (including phenoxy) is 1. The van der Waals surface area contributed by atoms with Crippen molar-refractivity contribution in [3.05, 3.63) is 53.1 Å². The van der Waals surface area contributed by atoms with Crippen molar-refractivity contribution in [2.24, 2.45) is 0 Å². The zero-order chi connectivity index (χ0) is 22.8. The maximum absolute atomic E-state index is 13.0. The molecule has 0 radical (unpaired) electrons. The van der Waals surface area contributed by atoms with Crippen LogP contribution in [0.5, 0.6) is 11.5 Å². The monoisotopic (exact) mass is 435 g/mol. The molecule has 0 aliphatic carbocycles. The number of carbonyl (C=O) groups is 1. The second-order valence-corrected chi connectivity index (χ2v) is 6.94. The third kappa shape index (κ3) is 4.96. The summed E-state index contributed by atoms with van der Waals surface area (Å²) in [6.07, 6.45) is -1.15. The van der Waals surface area contributed by atoms with Crippen molar-refractivity contribution in [3.63, 3.8) is 0 Å². The summed E-state index contributed by atoms with van der Waals surface area (Å²) < 4.78 is 44.1. The van der Waals surface area contributed by atoms with Crippen molar-refractivity contribution < 1.29 is 32.9 Å². The minimum absolute atomic E-state index is 0.0351. The van der Waals surface area contributed by atoms with Gasteiger partial charge in [0, 0.05) is 5.57 Å². The van der Waals surface area contributed by atoms with Crippen LogP contribution in [0.15, 0.2) is 42.0 Å². The highest BCUT2D eigenvalue weighted by molar-refractivity contribution is 5.85. The highest BCUT2D eigenvalue weighted by Crippen LogP contribution is 2.35. The first-order chi connectivity index (χ1) is 14.6. The van der Waals surface area contributed by atoms with Gasteiger partial charge in [0.05, 0.1) is 12.7 Å². The molecular weight excluding hydrogens is 415 g/mol. The number of aromatic nitrogens is 3. The highest BCUT2D eigenvalue weighted by Gasteiger charge is 2.31. The second kappa shape index (κ2) is 8.66. The number of aliphatic carboxylic acids is 1. The van der Waals surface area contributed by atoms with E-state index in [-0.39, 0.29) is 33.8 Å². The third-order valence-corrected chi connectivity index (χ3v) is 4.72. The van der Waals surface area contributed by atoms with Crippen molar-refractivity contribution in [2.75, 3.05) is 7.11 Å². The Morgan fingerprint density at radius 2 is 1.90 bits per heavy atom. The maximum atomic E-state index is 13.0. The molecule has 0 unspecified atom stereocenters. The number of benzene rings is 2. The Bertz CT molecular complexity index is 1150. The fourth-order valence-electron chi connectivity index (χ4n) is 3.01. The fourth-order valence-corrected chi connectivity index (χ4v) is 3.01. The summed E-state index contributed by atoms with van der Waals surface area (Å²) in [7, 11) is 1.38. The first kappa shape index (κ1) is 22.1. The maximum Gasteiger partial charge on any atom is 0.416 e. The number of phenols is 1. The van der Waals surface area contributed by atoms with Gasteiger partial charge in [0.1, 0.15) is 16.7 Å². The third-order valence-electron chi connectivity index (χ3n) is 4.72. The van der Waals surface area contributed by atoms with E-state index >= 15 is 0 Å². The molecule has 3 aromatic rings. The number of phenolic OH excluding ortho intramolecular Hbond substituents is 1. The predicted molar refractivity (Wildman–Crippen MR) is 106 cm³/mol. The number of alkyl halides is 3. The number of unbranched alkanes of at least 4 members (excludes halogenated alkanes) is 1. The van der Waals surface area contributed by atoms with Gasteiger partial charge < -0.3 is 14.9 Å². The first-order valence-corrected chi connectivity index (χ1v) is 9.34. The van der Waals surface area contributed by atoms with Crippen molar-refractivity contribution in [2.45, 2.75) is 32.4 Å². The zero-order valence-corrected chi connectivity index (χ0v) is 16.8. The van der Waals surface area contributed by atoms with Crippen LogP contribution in [0.3, 0.4) is 0 Å². The van der Waals surface area contributed by atoms with Crippen LogP contribution in [-0.4, -0.2) is 38.3 Å². The minimum atomic E-state index is -4.50. The summed E-state index contributed by atoms with van der Waals surface area (Å²) in [5.41, 5.74) is 0.626. The Labute approximate surface area is 175 Å². The molecule has 0 aliphatic heterocycles. The molecule has 0 amide bonds. The molecule has 0 atom stereocenters. The smallest absolute Gasteiger partial charge is 0.416 e. The molecule has 0 bridgehead atoms. The van der Waals surface area contributed by atoms with E-state index in [1.54, 1.807) is 18.2 Å². The lowest BCUT2D eigenvalue weighted by molar-refractivity contribution is -0.137. The van der Waals surface area contributed by atoms with Crippen molar-refractivity contribution >= 4 is 17.0 Å². The largest absolute Gasteiger partial charge is 0.503 e. The SMILES string of the molecule is COc1cc(CCC/C=C(\C)C(=O)O)cc(-n2nc3ccc(C(F)(F)F)cc3n2)c1O. The predicted octanol–water partition coefficient (Wildman–Crippen LogP) is 4.51. The van der Waals surface area contributed by atoms with Crippen LogP contribution in [0, 0.1) is 0 Å². The summed E-state index contributed by atoms with van der Waals surface area (Å²) in [6, 6.07) is 6.29. The molecule has 7 nitrogen and oxygen atoms in total. The number of rotatable bonds is 7. The fraction of sp³-hybridized carbons (Fsp3) is 0.286. The molecular formula is C21H20F3N3O4. The van der Waals surface area contributed by atoms with E-state index in [2.05, 4.69) is 10.2 Å². The summed E-state index contributed by atoms with van der Waals surface area (Å²) in [5.74, 6) is -1.05. The zero-order valence-electron chi connectivity index (χ0n) is 16.8. The number of halogens is 3. The van der Waals surface area contributed by atoms with Crippen molar-refractivity contribution in [3.8, 4) is 17.2 Å². The molecule has 0 aliphatic rings. The number of carboxylic acids is 1. The number of carboxylic acid groups (broad SMARTS) is 1. The molecule has 0 fully saturated rings. The van der Waals surface area contributed by atoms with Crippen molar-refractivity contribution in [1.82, 2.24) is 15.0 Å². The van der Waals surface area contributed by atoms with E-state index in [1.165, 1.54) is 20.1 Å². The number of hydrogen-bond donors (Lipinski definition) is 2. The van der Waals surface area contributed by atoms with E-state index < -0.39 is 17.7 Å². The summed E-state index contributed by atoms with van der Waals surface area (Å²) in [5, 5.41) is 27.6. The lowest BCUT2D eigenvalue weighted by Crippen LogP contribution is -2.04. The molecule has 164 valence electrons. The molecule has 0 saturated carbocycles. The lowest BCUT2D eigenvalue weighted by atomic mass is 10.1. The molecule has 0 spiro atoms. The number of allylic oxidation sites excluding steroid dienone is 1. The molecule has 2 N–H and O–H groups in total. The number of fused-ring (bicyclic) bond motifs is 1. The van der Waals surface area contributed by atoms with Gasteiger partial charge in [0.2, 0.25) is 0 Å². The average Bonchev–Trinajstić information content (AvgIpc) is 3.14. The summed E-state index contributed by atoms with van der Waals surface area (Å²) in [6.45, 7) is 1.52. The first-order valence-electron chi connectivity index (χ1n) is 9.34. The van der Waals surface area contributed by atoms with E-state index in [4.69, 9.17) is 9.84 Å². The van der Waals surface area contributed by atoms with Crippen LogP contribution in [0.2, 0.25) is 0 Å². The number of methoxy groups -OCH3 is 1. The van der Waals surface area contributed by atoms with Gasteiger partial charge in [-0.2, -0.15) is 13.2 Å². The van der Waals surface area contributed by atoms with Crippen LogP contribution in [0.4, 0.5) is 13.2 Å². The average molecular weight is 435 g/mol. The Morgan fingerprint density at radius 3 is 2.55 bits per heavy atom. The molecule has 31 heavy (non-hydrogen) atoms. The Morgan fingerprint density at radius 1 is 1.19 bits per heavy atom. The number of aromatic hydroxyl groups is 1. The quantitative estimate of drug-likeness (QED) is 0.419. The van der Waals surface area contributed by atoms with Crippen LogP contribution in [0.1, 0.15) is 30.9 Å². The topological polar surface area (TPSA) is 97.5 Å². The van der Waals surface area contributed by atoms with Gasteiger partial charge in [0.25, 0.3) is 0 Å². The highest BCUT2D eigenvalue weighted by atomic mass is 19.4. The van der Waals surface area contributed by atoms with Gasteiger partial charge in [-0.25, -0.2) is 4.79 Å². The van der Waals surface area contributed by atoms with Crippen LogP contribution >= 0.6 is 0 Å². The Hall–Kier alpha value is -3.56. The van der Waals surface area contributed by atoms with E-state index in [9.17, 15) is 23.1 Å². The molecule has 0 saturated heterocycles. The van der Waals surface area contributed by atoms with Gasteiger partial charge in [-0.1, -0.05) is 6.08 Å². The number of aryl methyl sites for hydroxylation is 1. The minimum Gasteiger partial charge on any atom is -0.503 e. The summed E-state index contributed by atoms with van der Waals surface area (Å²) in [4.78, 5) is 11.9. The van der Waals surface area contributed by atoms with Crippen molar-refractivity contribution in [1.29, 1.82) is 0 Å². The second-order valence-electron chi connectivity index (χ2n) is 6.94. The molecule has 2 aromatic carbocycles. The van der Waals surface area contributed by atoms with Gasteiger partial charge in [0.15, 0.2) is 11.5 Å². The normalized spacial score (nSPS) is 12.4. The Balaban J connectivity index is 1.92. The van der Waals surface area contributed by atoms with E-state index in [0.29, 0.717) is 19.3 Å². The molecule has 3 rings (SSSR count). The van der Waals surface area contributed by atoms with E-state index in [1.807, 2.05) is 0 Å². The van der Waals surface area contributed by atoms with Crippen LogP contribution < -0.4 is 4.74 Å². The Kier molecular flexibility index (Phi) is 6.19.